The maximum Gasteiger partial charge on any atom is 0.250 e. The molecule has 3 aliphatic rings. The molecule has 0 bridgehead atoms. The van der Waals surface area contributed by atoms with Crippen molar-refractivity contribution in [3.8, 4) is 0 Å². The molecule has 1 N–H and O–H groups in total. The monoisotopic (exact) mass is 417 g/mol. The van der Waals surface area contributed by atoms with Crippen LogP contribution in [0, 0.1) is 11.8 Å². The van der Waals surface area contributed by atoms with Crippen molar-refractivity contribution in [2.75, 3.05) is 30.9 Å². The number of rotatable bonds is 4. The van der Waals surface area contributed by atoms with Crippen LogP contribution in [-0.2, 0) is 22.4 Å². The summed E-state index contributed by atoms with van der Waals surface area (Å²) in [6, 6.07) is 16.6. The smallest absolute Gasteiger partial charge is 0.250 e. The highest BCUT2D eigenvalue weighted by Crippen LogP contribution is 2.47. The van der Waals surface area contributed by atoms with Gasteiger partial charge in [0.05, 0.1) is 0 Å². The van der Waals surface area contributed by atoms with Gasteiger partial charge in [-0.05, 0) is 79.3 Å². The molecule has 1 heterocycles. The zero-order valence-corrected chi connectivity index (χ0v) is 18.4. The summed E-state index contributed by atoms with van der Waals surface area (Å²) in [7, 11) is 4.00. The molecule has 0 aromatic heterocycles. The van der Waals surface area contributed by atoms with Crippen LogP contribution in [0.5, 0.6) is 0 Å². The van der Waals surface area contributed by atoms with Gasteiger partial charge in [0, 0.05) is 38.4 Å². The molecule has 2 aliphatic carbocycles. The number of fused-ring (bicyclic) bond motifs is 2. The quantitative estimate of drug-likeness (QED) is 0.768. The third kappa shape index (κ3) is 3.50. The lowest BCUT2D eigenvalue weighted by Crippen LogP contribution is -2.66. The highest BCUT2D eigenvalue weighted by atomic mass is 16.2. The molecule has 5 nitrogen and oxygen atoms in total. The average molecular weight is 418 g/mol. The lowest BCUT2D eigenvalue weighted by atomic mass is 9.62. The zero-order chi connectivity index (χ0) is 21.6. The molecule has 162 valence electrons. The fraction of sp³-hybridized carbons (Fsp3) is 0.462. The number of nitrogens with zero attached hydrogens (tertiary/aromatic N) is 2. The predicted molar refractivity (Wildman–Crippen MR) is 123 cm³/mol. The van der Waals surface area contributed by atoms with E-state index in [0.29, 0.717) is 24.8 Å². The second-order valence-corrected chi connectivity index (χ2v) is 9.66. The Morgan fingerprint density at radius 1 is 1.03 bits per heavy atom. The Bertz CT molecular complexity index is 1000. The molecule has 5 rings (SSSR count). The number of nitrogens with one attached hydrogen (secondary N) is 1. The standard InChI is InChI=1S/C26H31N3O2/c1-28(2)23-9-7-22(8-10-23)27-25(31)26(29-14-12-24(29)30)13-11-20-15-18-5-3-4-6-19(18)16-21(20)17-26/h3-10,20-21H,11-17H2,1-2H3,(H,27,31)/t20-,21-,26-/m1/s1. The van der Waals surface area contributed by atoms with Gasteiger partial charge in [0.2, 0.25) is 11.8 Å². The van der Waals surface area contributed by atoms with Gasteiger partial charge in [0.1, 0.15) is 5.54 Å². The van der Waals surface area contributed by atoms with Gasteiger partial charge >= 0.3 is 0 Å². The van der Waals surface area contributed by atoms with E-state index in [2.05, 4.69) is 29.6 Å². The number of amides is 2. The molecule has 2 amide bonds. The van der Waals surface area contributed by atoms with Crippen LogP contribution in [0.25, 0.3) is 0 Å². The second-order valence-electron chi connectivity index (χ2n) is 9.66. The summed E-state index contributed by atoms with van der Waals surface area (Å²) in [5.41, 5.74) is 4.03. The highest BCUT2D eigenvalue weighted by Gasteiger charge is 2.54. The fourth-order valence-electron chi connectivity index (χ4n) is 5.82. The van der Waals surface area contributed by atoms with E-state index in [-0.39, 0.29) is 11.8 Å². The molecular weight excluding hydrogens is 386 g/mol. The van der Waals surface area contributed by atoms with Crippen molar-refractivity contribution in [1.29, 1.82) is 0 Å². The molecule has 3 atom stereocenters. The molecule has 2 fully saturated rings. The van der Waals surface area contributed by atoms with Crippen LogP contribution >= 0.6 is 0 Å². The Labute approximate surface area is 184 Å². The fourth-order valence-corrected chi connectivity index (χ4v) is 5.82. The molecule has 2 aromatic carbocycles. The first-order valence-electron chi connectivity index (χ1n) is 11.4. The van der Waals surface area contributed by atoms with E-state index in [0.717, 1.165) is 43.5 Å². The summed E-state index contributed by atoms with van der Waals surface area (Å²) < 4.78 is 0. The van der Waals surface area contributed by atoms with Crippen molar-refractivity contribution in [3.63, 3.8) is 0 Å². The van der Waals surface area contributed by atoms with Crippen molar-refractivity contribution in [1.82, 2.24) is 4.90 Å². The Hall–Kier alpha value is -2.82. The first kappa shape index (κ1) is 20.1. The lowest BCUT2D eigenvalue weighted by Gasteiger charge is -2.53. The minimum atomic E-state index is -0.719. The molecule has 1 saturated carbocycles. The van der Waals surface area contributed by atoms with E-state index < -0.39 is 5.54 Å². The number of hydrogen-bond donors (Lipinski definition) is 1. The molecule has 1 aliphatic heterocycles. The van der Waals surface area contributed by atoms with Crippen molar-refractivity contribution in [2.45, 2.75) is 44.1 Å². The topological polar surface area (TPSA) is 52.7 Å². The number of benzene rings is 2. The maximum absolute atomic E-state index is 13.7. The van der Waals surface area contributed by atoms with Gasteiger partial charge in [-0.15, -0.1) is 0 Å². The van der Waals surface area contributed by atoms with Crippen LogP contribution in [0.15, 0.2) is 48.5 Å². The Morgan fingerprint density at radius 2 is 1.71 bits per heavy atom. The predicted octanol–water partition coefficient (Wildman–Crippen LogP) is 3.88. The van der Waals surface area contributed by atoms with Crippen LogP contribution in [0.4, 0.5) is 11.4 Å². The largest absolute Gasteiger partial charge is 0.378 e. The van der Waals surface area contributed by atoms with Gasteiger partial charge in [-0.3, -0.25) is 9.59 Å². The Balaban J connectivity index is 1.40. The molecular formula is C26H31N3O2. The van der Waals surface area contributed by atoms with Crippen molar-refractivity contribution in [2.24, 2.45) is 11.8 Å². The maximum atomic E-state index is 13.7. The number of likely N-dealkylation sites (tertiary alicyclic amines) is 1. The second kappa shape index (κ2) is 7.70. The molecule has 0 spiro atoms. The van der Waals surface area contributed by atoms with Gasteiger partial charge in [-0.1, -0.05) is 24.3 Å². The van der Waals surface area contributed by atoms with E-state index in [9.17, 15) is 9.59 Å². The third-order valence-corrected chi connectivity index (χ3v) is 7.71. The third-order valence-electron chi connectivity index (χ3n) is 7.71. The van der Waals surface area contributed by atoms with Crippen LogP contribution in [-0.4, -0.2) is 42.9 Å². The summed E-state index contributed by atoms with van der Waals surface area (Å²) >= 11 is 0. The van der Waals surface area contributed by atoms with E-state index >= 15 is 0 Å². The van der Waals surface area contributed by atoms with Crippen molar-refractivity contribution in [3.05, 3.63) is 59.7 Å². The molecule has 5 heteroatoms. The van der Waals surface area contributed by atoms with E-state index in [1.165, 1.54) is 11.1 Å². The summed E-state index contributed by atoms with van der Waals surface area (Å²) in [6.07, 6.45) is 5.18. The number of carbonyl (C=O) groups excluding carboxylic acids is 2. The molecule has 1 saturated heterocycles. The average Bonchev–Trinajstić information content (AvgIpc) is 2.76. The van der Waals surface area contributed by atoms with E-state index in [1.54, 1.807) is 0 Å². The first-order chi connectivity index (χ1) is 15.0. The molecule has 2 aromatic rings. The van der Waals surface area contributed by atoms with Crippen LogP contribution in [0.3, 0.4) is 0 Å². The molecule has 31 heavy (non-hydrogen) atoms. The summed E-state index contributed by atoms with van der Waals surface area (Å²) in [4.78, 5) is 30.1. The first-order valence-corrected chi connectivity index (χ1v) is 11.4. The highest BCUT2D eigenvalue weighted by molar-refractivity contribution is 6.01. The summed E-state index contributed by atoms with van der Waals surface area (Å²) in [6.45, 7) is 0.694. The van der Waals surface area contributed by atoms with E-state index in [1.807, 2.05) is 48.2 Å². The number of anilines is 2. The van der Waals surface area contributed by atoms with Crippen molar-refractivity contribution < 1.29 is 9.59 Å². The van der Waals surface area contributed by atoms with Crippen LogP contribution in [0.2, 0.25) is 0 Å². The van der Waals surface area contributed by atoms with Gasteiger partial charge in [0.25, 0.3) is 0 Å². The Kier molecular flexibility index (Phi) is 4.99. The van der Waals surface area contributed by atoms with Crippen LogP contribution < -0.4 is 10.2 Å². The minimum absolute atomic E-state index is 0.0181. The van der Waals surface area contributed by atoms with Gasteiger partial charge in [-0.25, -0.2) is 0 Å². The van der Waals surface area contributed by atoms with Gasteiger partial charge in [-0.2, -0.15) is 0 Å². The van der Waals surface area contributed by atoms with Gasteiger partial charge < -0.3 is 15.1 Å². The summed E-state index contributed by atoms with van der Waals surface area (Å²) in [5, 5.41) is 3.15. The van der Waals surface area contributed by atoms with Crippen molar-refractivity contribution >= 4 is 23.2 Å². The Morgan fingerprint density at radius 3 is 2.29 bits per heavy atom. The van der Waals surface area contributed by atoms with Gasteiger partial charge in [0.15, 0.2) is 0 Å². The van der Waals surface area contributed by atoms with E-state index in [4.69, 9.17) is 0 Å². The van der Waals surface area contributed by atoms with Crippen LogP contribution in [0.1, 0.15) is 36.8 Å². The zero-order valence-electron chi connectivity index (χ0n) is 18.4. The molecule has 0 radical (unpaired) electrons. The number of β-lactam (4-membered cyclic amide) rings is 1. The lowest BCUT2D eigenvalue weighted by molar-refractivity contribution is -0.159. The normalized spacial score (nSPS) is 27.0. The number of hydrogen-bond acceptors (Lipinski definition) is 3. The summed E-state index contributed by atoms with van der Waals surface area (Å²) in [5.74, 6) is 1.15. The molecule has 0 unspecified atom stereocenters. The SMILES string of the molecule is CN(C)c1ccc(NC(=O)[C@@]2(N3CCC3=O)CC[C@@H]3Cc4ccccc4C[C@@H]3C2)cc1. The number of carbonyl (C=O) groups is 2. The minimum Gasteiger partial charge on any atom is -0.378 e.